The average Bonchev–Trinajstić information content (AvgIpc) is 2.88. The molecule has 0 saturated heterocycles. The average molecular weight is 303 g/mol. The lowest BCUT2D eigenvalue weighted by molar-refractivity contribution is 0.430. The highest BCUT2D eigenvalue weighted by atomic mass is 35.5. The largest absolute Gasteiger partial charge is 0.506 e. The Morgan fingerprint density at radius 3 is 2.71 bits per heavy atom. The molecule has 0 amide bonds. The number of aryl methyl sites for hydroxylation is 1. The minimum atomic E-state index is 0.00113. The van der Waals surface area contributed by atoms with Crippen LogP contribution in [0.15, 0.2) is 35.1 Å². The third kappa shape index (κ3) is 2.41. The number of hydrogen-bond acceptors (Lipinski definition) is 6. The summed E-state index contributed by atoms with van der Waals surface area (Å²) in [6.45, 7) is 1.85. The summed E-state index contributed by atoms with van der Waals surface area (Å²) in [5, 5.41) is 13.5. The number of hydrogen-bond donors (Lipinski definition) is 2. The highest BCUT2D eigenvalue weighted by molar-refractivity contribution is 6.32. The fourth-order valence-electron chi connectivity index (χ4n) is 1.95. The summed E-state index contributed by atoms with van der Waals surface area (Å²) in [5.74, 6) is 0.768. The van der Waals surface area contributed by atoms with Gasteiger partial charge in [0.25, 0.3) is 0 Å². The monoisotopic (exact) mass is 302 g/mol. The van der Waals surface area contributed by atoms with E-state index in [0.717, 1.165) is 5.56 Å². The van der Waals surface area contributed by atoms with Crippen LogP contribution >= 0.6 is 11.6 Å². The molecular weight excluding hydrogens is 292 g/mol. The van der Waals surface area contributed by atoms with E-state index in [1.54, 1.807) is 18.3 Å². The number of anilines is 1. The lowest BCUT2D eigenvalue weighted by Gasteiger charge is -2.08. The molecule has 3 rings (SSSR count). The third-order valence-electron chi connectivity index (χ3n) is 2.98. The van der Waals surface area contributed by atoms with E-state index in [2.05, 4.69) is 15.1 Å². The van der Waals surface area contributed by atoms with Gasteiger partial charge in [-0.05, 0) is 25.1 Å². The Morgan fingerprint density at radius 2 is 2.05 bits per heavy atom. The fourth-order valence-corrected chi connectivity index (χ4v) is 2.13. The van der Waals surface area contributed by atoms with Gasteiger partial charge in [0.05, 0.1) is 17.4 Å². The van der Waals surface area contributed by atoms with Crippen LogP contribution in [0.2, 0.25) is 5.02 Å². The molecule has 6 nitrogen and oxygen atoms in total. The normalized spacial score (nSPS) is 10.8. The summed E-state index contributed by atoms with van der Waals surface area (Å²) in [5.41, 5.74) is 8.25. The van der Waals surface area contributed by atoms with Gasteiger partial charge in [-0.25, -0.2) is 9.97 Å². The maximum atomic E-state index is 9.52. The van der Waals surface area contributed by atoms with E-state index >= 15 is 0 Å². The Kier molecular flexibility index (Phi) is 3.23. The van der Waals surface area contributed by atoms with Crippen molar-refractivity contribution < 1.29 is 9.63 Å². The van der Waals surface area contributed by atoms with Crippen LogP contribution in [0.3, 0.4) is 0 Å². The molecule has 0 saturated carbocycles. The van der Waals surface area contributed by atoms with Gasteiger partial charge in [-0.15, -0.1) is 0 Å². The highest BCUT2D eigenvalue weighted by Crippen LogP contribution is 2.34. The van der Waals surface area contributed by atoms with E-state index in [-0.39, 0.29) is 16.6 Å². The second kappa shape index (κ2) is 5.06. The van der Waals surface area contributed by atoms with Crippen LogP contribution < -0.4 is 5.73 Å². The van der Waals surface area contributed by atoms with Gasteiger partial charge >= 0.3 is 0 Å². The zero-order chi connectivity index (χ0) is 15.0. The molecule has 0 radical (unpaired) electrons. The molecule has 0 aliphatic carbocycles. The van der Waals surface area contributed by atoms with Crippen molar-refractivity contribution in [1.82, 2.24) is 15.1 Å². The van der Waals surface area contributed by atoms with E-state index in [9.17, 15) is 5.11 Å². The van der Waals surface area contributed by atoms with Gasteiger partial charge in [-0.3, -0.25) is 0 Å². The van der Waals surface area contributed by atoms with Gasteiger partial charge in [-0.1, -0.05) is 16.8 Å². The molecule has 3 aromatic rings. The number of phenols is 1. The predicted molar refractivity (Wildman–Crippen MR) is 78.8 cm³/mol. The van der Waals surface area contributed by atoms with Crippen molar-refractivity contribution in [2.75, 3.05) is 5.73 Å². The van der Waals surface area contributed by atoms with E-state index in [0.29, 0.717) is 22.7 Å². The standard InChI is InChI=1S/C14H11ClN4O2/c1-7-5-18-21-14(7)13-12(17-6-11(16)19-13)8-2-3-10(20)9(15)4-8/h2-6,20H,1H3,(H2,16,19). The van der Waals surface area contributed by atoms with Crippen LogP contribution in [-0.2, 0) is 0 Å². The summed E-state index contributed by atoms with van der Waals surface area (Å²) >= 11 is 5.94. The van der Waals surface area contributed by atoms with Crippen molar-refractivity contribution in [2.45, 2.75) is 6.92 Å². The smallest absolute Gasteiger partial charge is 0.190 e. The van der Waals surface area contributed by atoms with Gasteiger partial charge in [0.2, 0.25) is 0 Å². The molecule has 106 valence electrons. The fraction of sp³-hybridized carbons (Fsp3) is 0.0714. The number of benzene rings is 1. The molecule has 21 heavy (non-hydrogen) atoms. The second-order valence-electron chi connectivity index (χ2n) is 4.50. The van der Waals surface area contributed by atoms with Crippen molar-refractivity contribution in [3.8, 4) is 28.5 Å². The molecule has 0 aliphatic heterocycles. The Morgan fingerprint density at radius 1 is 1.24 bits per heavy atom. The summed E-state index contributed by atoms with van der Waals surface area (Å²) in [4.78, 5) is 8.58. The van der Waals surface area contributed by atoms with Crippen LogP contribution in [-0.4, -0.2) is 20.2 Å². The number of halogens is 1. The number of nitrogens with two attached hydrogens (primary N) is 1. The number of phenolic OH excluding ortho intramolecular Hbond substituents is 1. The van der Waals surface area contributed by atoms with Crippen molar-refractivity contribution in [2.24, 2.45) is 0 Å². The first-order chi connectivity index (χ1) is 10.1. The van der Waals surface area contributed by atoms with E-state index in [1.807, 2.05) is 6.92 Å². The lowest BCUT2D eigenvalue weighted by Crippen LogP contribution is -1.98. The number of rotatable bonds is 2. The van der Waals surface area contributed by atoms with Crippen LogP contribution in [0.1, 0.15) is 5.56 Å². The Bertz CT molecular complexity index is 816. The molecule has 7 heteroatoms. The molecule has 0 unspecified atom stereocenters. The summed E-state index contributed by atoms with van der Waals surface area (Å²) < 4.78 is 5.23. The first-order valence-corrected chi connectivity index (χ1v) is 6.47. The molecule has 1 aromatic carbocycles. The van der Waals surface area contributed by atoms with Gasteiger partial charge in [0.15, 0.2) is 5.76 Å². The molecule has 0 atom stereocenters. The lowest BCUT2D eigenvalue weighted by atomic mass is 10.1. The molecule has 0 aliphatic rings. The molecule has 2 aromatic heterocycles. The maximum absolute atomic E-state index is 9.52. The summed E-state index contributed by atoms with van der Waals surface area (Å²) in [7, 11) is 0. The molecule has 3 N–H and O–H groups in total. The second-order valence-corrected chi connectivity index (χ2v) is 4.90. The number of nitrogen functional groups attached to an aromatic ring is 1. The van der Waals surface area contributed by atoms with Gasteiger partial charge in [-0.2, -0.15) is 0 Å². The minimum Gasteiger partial charge on any atom is -0.506 e. The molecule has 0 spiro atoms. The first-order valence-electron chi connectivity index (χ1n) is 6.09. The molecular formula is C14H11ClN4O2. The Hall–Kier alpha value is -2.60. The molecule has 0 bridgehead atoms. The number of nitrogens with zero attached hydrogens (tertiary/aromatic N) is 3. The zero-order valence-corrected chi connectivity index (χ0v) is 11.8. The quantitative estimate of drug-likeness (QED) is 0.755. The van der Waals surface area contributed by atoms with Gasteiger partial charge in [0.1, 0.15) is 23.0 Å². The van der Waals surface area contributed by atoms with E-state index in [1.165, 1.54) is 12.3 Å². The van der Waals surface area contributed by atoms with Crippen molar-refractivity contribution >= 4 is 17.4 Å². The maximum Gasteiger partial charge on any atom is 0.190 e. The van der Waals surface area contributed by atoms with E-state index < -0.39 is 0 Å². The number of aromatic nitrogens is 3. The Labute approximate surface area is 125 Å². The summed E-state index contributed by atoms with van der Waals surface area (Å²) in [6, 6.07) is 4.79. The third-order valence-corrected chi connectivity index (χ3v) is 3.28. The van der Waals surface area contributed by atoms with Gasteiger partial charge in [0, 0.05) is 11.1 Å². The van der Waals surface area contributed by atoms with Crippen LogP contribution in [0.5, 0.6) is 5.75 Å². The summed E-state index contributed by atoms with van der Waals surface area (Å²) in [6.07, 6.45) is 3.04. The molecule has 2 heterocycles. The van der Waals surface area contributed by atoms with Crippen molar-refractivity contribution in [3.63, 3.8) is 0 Å². The molecule has 0 fully saturated rings. The topological polar surface area (TPSA) is 98.1 Å². The minimum absolute atomic E-state index is 0.00113. The zero-order valence-electron chi connectivity index (χ0n) is 11.0. The van der Waals surface area contributed by atoms with Crippen molar-refractivity contribution in [3.05, 3.63) is 41.2 Å². The predicted octanol–water partition coefficient (Wildman–Crippen LogP) is 3.05. The first kappa shape index (κ1) is 13.4. The van der Waals surface area contributed by atoms with Gasteiger partial charge < -0.3 is 15.4 Å². The van der Waals surface area contributed by atoms with E-state index in [4.69, 9.17) is 21.9 Å². The number of aromatic hydroxyl groups is 1. The van der Waals surface area contributed by atoms with Crippen LogP contribution in [0, 0.1) is 6.92 Å². The SMILES string of the molecule is Cc1cnoc1-c1nc(N)cnc1-c1ccc(O)c(Cl)c1. The van der Waals surface area contributed by atoms with Crippen LogP contribution in [0.4, 0.5) is 5.82 Å². The Balaban J connectivity index is 2.23. The van der Waals surface area contributed by atoms with Crippen molar-refractivity contribution in [1.29, 1.82) is 0 Å². The van der Waals surface area contributed by atoms with Crippen LogP contribution in [0.25, 0.3) is 22.7 Å². The highest BCUT2D eigenvalue weighted by Gasteiger charge is 2.18.